The standard InChI is InChI=1S/C26H21F4N3O3S/c1-16(2)19-7-3-4-8-20(19)22-15-24(36-23-10-6-5-9-21(23)27)32-25(31-22)33-37(34,35)18-13-11-17(12-14-18)26(28,29)30/h3-16H,1-2H3,(H,31,32,33). The van der Waals surface area contributed by atoms with Crippen LogP contribution in [-0.2, 0) is 16.2 Å². The van der Waals surface area contributed by atoms with Crippen molar-refractivity contribution in [3.63, 3.8) is 0 Å². The molecule has 4 aromatic rings. The van der Waals surface area contributed by atoms with Crippen LogP contribution in [0.2, 0.25) is 0 Å². The van der Waals surface area contributed by atoms with Crippen LogP contribution in [0.25, 0.3) is 11.3 Å². The molecule has 0 saturated carbocycles. The Balaban J connectivity index is 1.77. The lowest BCUT2D eigenvalue weighted by atomic mass is 9.95. The fourth-order valence-electron chi connectivity index (χ4n) is 3.54. The summed E-state index contributed by atoms with van der Waals surface area (Å²) >= 11 is 0. The van der Waals surface area contributed by atoms with E-state index >= 15 is 0 Å². The zero-order valence-corrected chi connectivity index (χ0v) is 20.4. The zero-order chi connectivity index (χ0) is 26.8. The van der Waals surface area contributed by atoms with Crippen LogP contribution in [0.5, 0.6) is 11.6 Å². The monoisotopic (exact) mass is 531 g/mol. The fourth-order valence-corrected chi connectivity index (χ4v) is 4.48. The number of nitrogens with one attached hydrogen (secondary N) is 1. The molecule has 0 aliphatic carbocycles. The van der Waals surface area contributed by atoms with Gasteiger partial charge in [0.15, 0.2) is 11.6 Å². The summed E-state index contributed by atoms with van der Waals surface area (Å²) < 4.78 is 86.5. The van der Waals surface area contributed by atoms with Gasteiger partial charge in [-0.2, -0.15) is 18.2 Å². The van der Waals surface area contributed by atoms with Crippen molar-refractivity contribution in [1.29, 1.82) is 0 Å². The lowest BCUT2D eigenvalue weighted by molar-refractivity contribution is -0.137. The van der Waals surface area contributed by atoms with Crippen LogP contribution in [0, 0.1) is 5.82 Å². The molecule has 0 radical (unpaired) electrons. The lowest BCUT2D eigenvalue weighted by Gasteiger charge is -2.15. The summed E-state index contributed by atoms with van der Waals surface area (Å²) in [5.41, 5.74) is 0.897. The van der Waals surface area contributed by atoms with Gasteiger partial charge in [0.2, 0.25) is 11.8 Å². The molecule has 0 atom stereocenters. The molecular weight excluding hydrogens is 510 g/mol. The van der Waals surface area contributed by atoms with E-state index in [1.54, 1.807) is 18.2 Å². The molecule has 3 aromatic carbocycles. The topological polar surface area (TPSA) is 81.2 Å². The number of hydrogen-bond donors (Lipinski definition) is 1. The smallest absolute Gasteiger partial charge is 0.416 e. The summed E-state index contributed by atoms with van der Waals surface area (Å²) in [5, 5.41) is 0. The molecule has 0 aliphatic rings. The Hall–Kier alpha value is -3.99. The van der Waals surface area contributed by atoms with E-state index in [4.69, 9.17) is 4.74 Å². The number of aromatic nitrogens is 2. The van der Waals surface area contributed by atoms with Crippen molar-refractivity contribution in [1.82, 2.24) is 9.97 Å². The maximum Gasteiger partial charge on any atom is 0.416 e. The number of para-hydroxylation sites is 1. The van der Waals surface area contributed by atoms with Gasteiger partial charge in [-0.05, 0) is 47.9 Å². The molecule has 0 unspecified atom stereocenters. The third-order valence-corrected chi connectivity index (χ3v) is 6.67. The van der Waals surface area contributed by atoms with E-state index in [0.717, 1.165) is 17.7 Å². The highest BCUT2D eigenvalue weighted by Gasteiger charge is 2.31. The predicted octanol–water partition coefficient (Wildman–Crippen LogP) is 7.02. The summed E-state index contributed by atoms with van der Waals surface area (Å²) in [6.45, 7) is 3.95. The Morgan fingerprint density at radius 1 is 0.892 bits per heavy atom. The predicted molar refractivity (Wildman–Crippen MR) is 130 cm³/mol. The minimum absolute atomic E-state index is 0.0920. The van der Waals surface area contributed by atoms with E-state index < -0.39 is 38.4 Å². The van der Waals surface area contributed by atoms with E-state index in [0.29, 0.717) is 23.4 Å². The van der Waals surface area contributed by atoms with Crippen LogP contribution < -0.4 is 9.46 Å². The highest BCUT2D eigenvalue weighted by Crippen LogP contribution is 2.33. The number of halogens is 4. The van der Waals surface area contributed by atoms with Gasteiger partial charge in [-0.15, -0.1) is 0 Å². The number of nitrogens with zero attached hydrogens (tertiary/aromatic N) is 2. The SMILES string of the molecule is CC(C)c1ccccc1-c1cc(Oc2ccccc2F)nc(NS(=O)(=O)c2ccc(C(F)(F)F)cc2)n1. The molecule has 0 spiro atoms. The van der Waals surface area contributed by atoms with Crippen LogP contribution in [0.15, 0.2) is 83.8 Å². The van der Waals surface area contributed by atoms with Gasteiger partial charge in [-0.3, -0.25) is 0 Å². The third kappa shape index (κ3) is 6.05. The van der Waals surface area contributed by atoms with Gasteiger partial charge in [0, 0.05) is 11.6 Å². The molecule has 0 aliphatic heterocycles. The van der Waals surface area contributed by atoms with Crippen molar-refractivity contribution in [3.05, 3.63) is 95.8 Å². The van der Waals surface area contributed by atoms with Crippen molar-refractivity contribution in [3.8, 4) is 22.9 Å². The van der Waals surface area contributed by atoms with E-state index in [1.165, 1.54) is 24.3 Å². The number of benzene rings is 3. The van der Waals surface area contributed by atoms with Crippen molar-refractivity contribution >= 4 is 16.0 Å². The molecule has 192 valence electrons. The molecule has 11 heteroatoms. The summed E-state index contributed by atoms with van der Waals surface area (Å²) in [7, 11) is -4.37. The fraction of sp³-hybridized carbons (Fsp3) is 0.154. The van der Waals surface area contributed by atoms with Crippen molar-refractivity contribution < 1.29 is 30.7 Å². The maximum atomic E-state index is 14.2. The van der Waals surface area contributed by atoms with Gasteiger partial charge in [-0.25, -0.2) is 22.5 Å². The Morgan fingerprint density at radius 2 is 1.54 bits per heavy atom. The first-order valence-electron chi connectivity index (χ1n) is 11.0. The number of sulfonamides is 1. The first kappa shape index (κ1) is 26.1. The van der Waals surface area contributed by atoms with Crippen molar-refractivity contribution in [2.75, 3.05) is 4.72 Å². The van der Waals surface area contributed by atoms with Gasteiger partial charge in [-0.1, -0.05) is 50.2 Å². The van der Waals surface area contributed by atoms with E-state index in [1.807, 2.05) is 26.0 Å². The number of alkyl halides is 3. The maximum absolute atomic E-state index is 14.2. The molecule has 0 saturated heterocycles. The van der Waals surface area contributed by atoms with E-state index in [9.17, 15) is 26.0 Å². The highest BCUT2D eigenvalue weighted by atomic mass is 32.2. The van der Waals surface area contributed by atoms with Crippen molar-refractivity contribution in [2.45, 2.75) is 30.8 Å². The van der Waals surface area contributed by atoms with Crippen molar-refractivity contribution in [2.24, 2.45) is 0 Å². The first-order valence-corrected chi connectivity index (χ1v) is 12.5. The van der Waals surface area contributed by atoms with E-state index in [-0.39, 0.29) is 17.5 Å². The first-order chi connectivity index (χ1) is 17.4. The summed E-state index contributed by atoms with van der Waals surface area (Å²) in [4.78, 5) is 7.97. The molecule has 1 aromatic heterocycles. The van der Waals surface area contributed by atoms with Crippen LogP contribution >= 0.6 is 0 Å². The summed E-state index contributed by atoms with van der Waals surface area (Å²) in [6, 6.07) is 17.4. The van der Waals surface area contributed by atoms with Crippen LogP contribution in [0.4, 0.5) is 23.5 Å². The molecule has 0 fully saturated rings. The van der Waals surface area contributed by atoms with Crippen LogP contribution in [0.3, 0.4) is 0 Å². The third-order valence-electron chi connectivity index (χ3n) is 5.33. The second kappa shape index (κ2) is 10.2. The second-order valence-corrected chi connectivity index (χ2v) is 10.00. The molecule has 0 amide bonds. The van der Waals surface area contributed by atoms with Gasteiger partial charge < -0.3 is 4.74 Å². The average molecular weight is 532 g/mol. The Labute approximate surface area is 211 Å². The highest BCUT2D eigenvalue weighted by molar-refractivity contribution is 7.92. The normalized spacial score (nSPS) is 12.0. The zero-order valence-electron chi connectivity index (χ0n) is 19.6. The number of anilines is 1. The van der Waals surface area contributed by atoms with Gasteiger partial charge in [0.1, 0.15) is 0 Å². The Morgan fingerprint density at radius 3 is 2.19 bits per heavy atom. The molecule has 37 heavy (non-hydrogen) atoms. The lowest BCUT2D eigenvalue weighted by Crippen LogP contribution is -2.16. The number of ether oxygens (including phenoxy) is 1. The molecule has 4 rings (SSSR count). The average Bonchev–Trinajstić information content (AvgIpc) is 2.84. The second-order valence-electron chi connectivity index (χ2n) is 8.32. The van der Waals surface area contributed by atoms with Crippen LogP contribution in [0.1, 0.15) is 30.9 Å². The number of rotatable bonds is 7. The summed E-state index contributed by atoms with van der Waals surface area (Å²) in [5.74, 6) is -1.24. The minimum atomic E-state index is -4.62. The van der Waals surface area contributed by atoms with Gasteiger partial charge >= 0.3 is 6.18 Å². The Kier molecular flexibility index (Phi) is 7.17. The molecule has 0 bridgehead atoms. The van der Waals surface area contributed by atoms with E-state index in [2.05, 4.69) is 14.7 Å². The molecule has 1 N–H and O–H groups in total. The molecular formula is C26H21F4N3O3S. The Bertz CT molecular complexity index is 1520. The minimum Gasteiger partial charge on any atom is -0.436 e. The van der Waals surface area contributed by atoms with Gasteiger partial charge in [0.25, 0.3) is 10.0 Å². The number of hydrogen-bond acceptors (Lipinski definition) is 5. The largest absolute Gasteiger partial charge is 0.436 e. The quantitative estimate of drug-likeness (QED) is 0.259. The summed E-state index contributed by atoms with van der Waals surface area (Å²) in [6.07, 6.45) is -4.62. The van der Waals surface area contributed by atoms with Gasteiger partial charge in [0.05, 0.1) is 16.2 Å². The van der Waals surface area contributed by atoms with Crippen LogP contribution in [-0.4, -0.2) is 18.4 Å². The molecule has 6 nitrogen and oxygen atoms in total. The molecule has 1 heterocycles.